The fraction of sp³-hybridized carbons (Fsp3) is 0.533. The van der Waals surface area contributed by atoms with Gasteiger partial charge in [-0.25, -0.2) is 0 Å². The first-order valence-corrected chi connectivity index (χ1v) is 6.94. The van der Waals surface area contributed by atoms with Crippen LogP contribution in [0.2, 0.25) is 0 Å². The molecule has 1 amide bonds. The zero-order valence-corrected chi connectivity index (χ0v) is 10.9. The molecule has 1 saturated heterocycles. The first-order valence-electron chi connectivity index (χ1n) is 6.94. The minimum atomic E-state index is -0.586. The van der Waals surface area contributed by atoms with Crippen molar-refractivity contribution in [2.24, 2.45) is 17.6 Å². The van der Waals surface area contributed by atoms with Gasteiger partial charge in [-0.15, -0.1) is 0 Å². The maximum Gasteiger partial charge on any atom is 0.244 e. The zero-order valence-electron chi connectivity index (χ0n) is 10.9. The molecular weight excluding hydrogens is 240 g/mol. The molecule has 19 heavy (non-hydrogen) atoms. The van der Waals surface area contributed by atoms with E-state index in [1.165, 1.54) is 0 Å². The van der Waals surface area contributed by atoms with Crippen molar-refractivity contribution in [3.63, 3.8) is 0 Å². The van der Waals surface area contributed by atoms with Gasteiger partial charge in [0.1, 0.15) is 6.04 Å². The predicted octanol–water partition coefficient (Wildman–Crippen LogP) is 0.916. The average molecular weight is 260 g/mol. The van der Waals surface area contributed by atoms with E-state index in [2.05, 4.69) is 0 Å². The molecule has 1 heterocycles. The maximum absolute atomic E-state index is 12.4. The summed E-state index contributed by atoms with van der Waals surface area (Å²) >= 11 is 0. The topological polar surface area (TPSA) is 66.6 Å². The molecule has 1 aliphatic carbocycles. The lowest BCUT2D eigenvalue weighted by Gasteiger charge is -2.22. The zero-order chi connectivity index (χ0) is 13.4. The second-order valence-electron chi connectivity index (χ2n) is 5.70. The SMILES string of the molecule is N[C@H](C(=O)N1CC2CCC(O)C2C1)c1ccccc1. The number of amides is 1. The molecule has 1 aromatic carbocycles. The Morgan fingerprint density at radius 3 is 2.68 bits per heavy atom. The van der Waals surface area contributed by atoms with E-state index in [0.29, 0.717) is 12.5 Å². The van der Waals surface area contributed by atoms with Gasteiger partial charge in [-0.05, 0) is 24.3 Å². The molecule has 4 nitrogen and oxygen atoms in total. The summed E-state index contributed by atoms with van der Waals surface area (Å²) in [6.07, 6.45) is 1.66. The van der Waals surface area contributed by atoms with Crippen LogP contribution < -0.4 is 5.73 Å². The Labute approximate surface area is 113 Å². The van der Waals surface area contributed by atoms with Gasteiger partial charge in [-0.3, -0.25) is 4.79 Å². The Morgan fingerprint density at radius 2 is 2.00 bits per heavy atom. The Kier molecular flexibility index (Phi) is 3.29. The number of aliphatic hydroxyl groups is 1. The molecule has 102 valence electrons. The number of carbonyl (C=O) groups is 1. The number of nitrogens with zero attached hydrogens (tertiary/aromatic N) is 1. The lowest BCUT2D eigenvalue weighted by Crippen LogP contribution is -2.38. The molecule has 0 bridgehead atoms. The summed E-state index contributed by atoms with van der Waals surface area (Å²) in [7, 11) is 0. The van der Waals surface area contributed by atoms with E-state index in [1.807, 2.05) is 35.2 Å². The normalized spacial score (nSPS) is 31.3. The molecule has 1 aromatic rings. The van der Waals surface area contributed by atoms with Crippen LogP contribution in [0.5, 0.6) is 0 Å². The number of aliphatic hydroxyl groups excluding tert-OH is 1. The van der Waals surface area contributed by atoms with Crippen LogP contribution in [0.25, 0.3) is 0 Å². The molecule has 1 saturated carbocycles. The molecule has 2 aliphatic rings. The van der Waals surface area contributed by atoms with Crippen molar-refractivity contribution in [3.05, 3.63) is 35.9 Å². The lowest BCUT2D eigenvalue weighted by atomic mass is 10.00. The molecule has 2 fully saturated rings. The smallest absolute Gasteiger partial charge is 0.244 e. The van der Waals surface area contributed by atoms with Crippen LogP contribution in [0.3, 0.4) is 0 Å². The van der Waals surface area contributed by atoms with Crippen molar-refractivity contribution >= 4 is 5.91 Å². The third-order valence-electron chi connectivity index (χ3n) is 4.56. The van der Waals surface area contributed by atoms with Gasteiger partial charge < -0.3 is 15.7 Å². The standard InChI is InChI=1S/C15H20N2O2/c16-14(10-4-2-1-3-5-10)15(19)17-8-11-6-7-13(18)12(11)9-17/h1-5,11-14,18H,6-9,16H2/t11?,12?,13?,14-/m0/s1. The fourth-order valence-electron chi connectivity index (χ4n) is 3.42. The fourth-order valence-corrected chi connectivity index (χ4v) is 3.42. The van der Waals surface area contributed by atoms with E-state index in [4.69, 9.17) is 5.73 Å². The van der Waals surface area contributed by atoms with Gasteiger partial charge in [0.25, 0.3) is 0 Å². The minimum absolute atomic E-state index is 0.0206. The summed E-state index contributed by atoms with van der Waals surface area (Å²) < 4.78 is 0. The maximum atomic E-state index is 12.4. The Bertz CT molecular complexity index is 462. The second-order valence-corrected chi connectivity index (χ2v) is 5.70. The summed E-state index contributed by atoms with van der Waals surface area (Å²) in [5, 5.41) is 9.89. The Hall–Kier alpha value is -1.39. The third-order valence-corrected chi connectivity index (χ3v) is 4.56. The monoisotopic (exact) mass is 260 g/mol. The highest BCUT2D eigenvalue weighted by molar-refractivity contribution is 5.83. The Morgan fingerprint density at radius 1 is 1.26 bits per heavy atom. The molecule has 4 heteroatoms. The van der Waals surface area contributed by atoms with Crippen molar-refractivity contribution < 1.29 is 9.90 Å². The van der Waals surface area contributed by atoms with Crippen molar-refractivity contribution in [1.29, 1.82) is 0 Å². The summed E-state index contributed by atoms with van der Waals surface area (Å²) in [6, 6.07) is 8.88. The quantitative estimate of drug-likeness (QED) is 0.831. The average Bonchev–Trinajstić information content (AvgIpc) is 3.01. The van der Waals surface area contributed by atoms with E-state index >= 15 is 0 Å². The minimum Gasteiger partial charge on any atom is -0.393 e. The van der Waals surface area contributed by atoms with E-state index < -0.39 is 6.04 Å². The molecule has 0 aromatic heterocycles. The van der Waals surface area contributed by atoms with Gasteiger partial charge in [0.2, 0.25) is 5.91 Å². The molecule has 3 unspecified atom stereocenters. The molecule has 1 aliphatic heterocycles. The second kappa shape index (κ2) is 4.94. The summed E-state index contributed by atoms with van der Waals surface area (Å²) in [4.78, 5) is 14.2. The van der Waals surface area contributed by atoms with Crippen LogP contribution in [0.4, 0.5) is 0 Å². The van der Waals surface area contributed by atoms with Gasteiger partial charge in [0.05, 0.1) is 6.10 Å². The first kappa shape index (κ1) is 12.6. The van der Waals surface area contributed by atoms with Crippen molar-refractivity contribution in [2.75, 3.05) is 13.1 Å². The molecule has 3 rings (SSSR count). The largest absolute Gasteiger partial charge is 0.393 e. The predicted molar refractivity (Wildman–Crippen MR) is 72.2 cm³/mol. The van der Waals surface area contributed by atoms with E-state index in [1.54, 1.807) is 0 Å². The van der Waals surface area contributed by atoms with Crippen molar-refractivity contribution in [2.45, 2.75) is 25.0 Å². The van der Waals surface area contributed by atoms with Crippen LogP contribution in [-0.2, 0) is 4.79 Å². The lowest BCUT2D eigenvalue weighted by molar-refractivity contribution is -0.132. The number of likely N-dealkylation sites (tertiary alicyclic amines) is 1. The highest BCUT2D eigenvalue weighted by Crippen LogP contribution is 2.38. The molecule has 0 radical (unpaired) electrons. The van der Waals surface area contributed by atoms with Gasteiger partial charge in [-0.2, -0.15) is 0 Å². The van der Waals surface area contributed by atoms with Crippen LogP contribution in [-0.4, -0.2) is 35.1 Å². The number of hydrogen-bond donors (Lipinski definition) is 2. The van der Waals surface area contributed by atoms with Crippen molar-refractivity contribution in [1.82, 2.24) is 4.90 Å². The highest BCUT2D eigenvalue weighted by Gasteiger charge is 2.44. The van der Waals surface area contributed by atoms with E-state index in [0.717, 1.165) is 24.9 Å². The number of nitrogens with two attached hydrogens (primary N) is 1. The number of fused-ring (bicyclic) bond motifs is 1. The number of rotatable bonds is 2. The summed E-state index contributed by atoms with van der Waals surface area (Å²) in [6.45, 7) is 1.41. The van der Waals surface area contributed by atoms with Crippen LogP contribution in [0, 0.1) is 11.8 Å². The summed E-state index contributed by atoms with van der Waals surface area (Å²) in [5.74, 6) is 0.696. The van der Waals surface area contributed by atoms with Crippen LogP contribution in [0.15, 0.2) is 30.3 Å². The van der Waals surface area contributed by atoms with Crippen LogP contribution >= 0.6 is 0 Å². The van der Waals surface area contributed by atoms with Gasteiger partial charge >= 0.3 is 0 Å². The van der Waals surface area contributed by atoms with Gasteiger partial charge in [-0.1, -0.05) is 30.3 Å². The highest BCUT2D eigenvalue weighted by atomic mass is 16.3. The number of benzene rings is 1. The number of hydrogen-bond acceptors (Lipinski definition) is 3. The molecule has 4 atom stereocenters. The molecule has 3 N–H and O–H groups in total. The van der Waals surface area contributed by atoms with Gasteiger partial charge in [0.15, 0.2) is 0 Å². The molecular formula is C15H20N2O2. The number of carbonyl (C=O) groups excluding carboxylic acids is 1. The summed E-state index contributed by atoms with van der Waals surface area (Å²) in [5.41, 5.74) is 6.90. The van der Waals surface area contributed by atoms with E-state index in [-0.39, 0.29) is 17.9 Å². The first-order chi connectivity index (χ1) is 9.16. The van der Waals surface area contributed by atoms with E-state index in [9.17, 15) is 9.90 Å². The molecule has 0 spiro atoms. The van der Waals surface area contributed by atoms with Crippen molar-refractivity contribution in [3.8, 4) is 0 Å². The van der Waals surface area contributed by atoms with Crippen LogP contribution in [0.1, 0.15) is 24.4 Å². The Balaban J connectivity index is 1.69. The third kappa shape index (κ3) is 2.26. The van der Waals surface area contributed by atoms with Gasteiger partial charge in [0, 0.05) is 19.0 Å².